The summed E-state index contributed by atoms with van der Waals surface area (Å²) in [5.74, 6) is 2.52. The van der Waals surface area contributed by atoms with E-state index in [4.69, 9.17) is 0 Å². The molecular formula is C12H17N3OS2. The molecule has 2 atom stereocenters. The van der Waals surface area contributed by atoms with Crippen LogP contribution in [0.3, 0.4) is 0 Å². The second-order valence-corrected chi connectivity index (χ2v) is 7.11. The van der Waals surface area contributed by atoms with Crippen molar-refractivity contribution in [2.45, 2.75) is 32.2 Å². The van der Waals surface area contributed by atoms with Crippen molar-refractivity contribution in [2.24, 2.45) is 5.92 Å². The lowest BCUT2D eigenvalue weighted by atomic mass is 9.93. The maximum atomic E-state index is 12.0. The van der Waals surface area contributed by atoms with E-state index in [0.29, 0.717) is 0 Å². The monoisotopic (exact) mass is 283 g/mol. The van der Waals surface area contributed by atoms with Gasteiger partial charge in [-0.25, -0.2) is 4.98 Å². The van der Waals surface area contributed by atoms with Crippen LogP contribution in [0.5, 0.6) is 0 Å². The molecule has 0 aromatic carbocycles. The molecule has 1 aromatic rings. The zero-order valence-electron chi connectivity index (χ0n) is 10.4. The fraction of sp³-hybridized carbons (Fsp3) is 0.667. The van der Waals surface area contributed by atoms with Gasteiger partial charge in [0.15, 0.2) is 5.13 Å². The molecule has 3 rings (SSSR count). The number of amides is 1. The van der Waals surface area contributed by atoms with Gasteiger partial charge in [-0.3, -0.25) is 10.1 Å². The van der Waals surface area contributed by atoms with Crippen molar-refractivity contribution in [3.63, 3.8) is 0 Å². The molecule has 4 nitrogen and oxygen atoms in total. The molecule has 1 aliphatic heterocycles. The molecule has 18 heavy (non-hydrogen) atoms. The van der Waals surface area contributed by atoms with Crippen molar-refractivity contribution in [1.82, 2.24) is 10.3 Å². The summed E-state index contributed by atoms with van der Waals surface area (Å²) in [6, 6.07) is -0.0603. The van der Waals surface area contributed by atoms with Crippen LogP contribution >= 0.6 is 23.1 Å². The van der Waals surface area contributed by atoms with Gasteiger partial charge in [0.05, 0.1) is 11.7 Å². The third kappa shape index (κ3) is 2.55. The van der Waals surface area contributed by atoms with Gasteiger partial charge < -0.3 is 5.32 Å². The Hall–Kier alpha value is -0.590. The van der Waals surface area contributed by atoms with Gasteiger partial charge in [0, 0.05) is 16.5 Å². The van der Waals surface area contributed by atoms with Crippen molar-refractivity contribution in [2.75, 3.05) is 16.9 Å². The van der Waals surface area contributed by atoms with Crippen molar-refractivity contribution >= 4 is 34.1 Å². The lowest BCUT2D eigenvalue weighted by Gasteiger charge is -2.15. The summed E-state index contributed by atoms with van der Waals surface area (Å²) in [7, 11) is 0. The Bertz CT molecular complexity index is 454. The first kappa shape index (κ1) is 12.4. The Morgan fingerprint density at radius 2 is 2.44 bits per heavy atom. The summed E-state index contributed by atoms with van der Waals surface area (Å²) in [4.78, 5) is 17.9. The molecule has 1 aromatic heterocycles. The summed E-state index contributed by atoms with van der Waals surface area (Å²) in [5.41, 5.74) is 1.20. The normalized spacial score (nSPS) is 26.9. The number of aryl methyl sites for hydroxylation is 1. The molecule has 1 saturated heterocycles. The second-order valence-electron chi connectivity index (χ2n) is 5.00. The van der Waals surface area contributed by atoms with Gasteiger partial charge in [-0.15, -0.1) is 23.1 Å². The Labute approximate surface area is 115 Å². The molecule has 98 valence electrons. The Balaban J connectivity index is 1.68. The van der Waals surface area contributed by atoms with Crippen LogP contribution in [-0.4, -0.2) is 28.6 Å². The number of carbonyl (C=O) groups excluding carboxylic acids is 1. The molecular weight excluding hydrogens is 266 g/mol. The van der Waals surface area contributed by atoms with Gasteiger partial charge in [0.1, 0.15) is 0 Å². The smallest absolute Gasteiger partial charge is 0.244 e. The fourth-order valence-electron chi connectivity index (χ4n) is 2.35. The van der Waals surface area contributed by atoms with Crippen LogP contribution in [0.4, 0.5) is 5.13 Å². The maximum Gasteiger partial charge on any atom is 0.244 e. The van der Waals surface area contributed by atoms with Gasteiger partial charge in [-0.05, 0) is 25.2 Å². The molecule has 2 heterocycles. The molecule has 1 amide bonds. The Kier molecular flexibility index (Phi) is 3.59. The van der Waals surface area contributed by atoms with E-state index in [1.54, 1.807) is 23.1 Å². The third-order valence-corrected chi connectivity index (χ3v) is 5.42. The first-order valence-corrected chi connectivity index (χ1v) is 8.30. The molecule has 6 heteroatoms. The number of thioether (sulfide) groups is 1. The molecule has 0 radical (unpaired) electrons. The SMILES string of the molecule is CC1CCc2nc(NC(=O)C3CSCN3)sc2C1. The van der Waals surface area contributed by atoms with Crippen LogP contribution in [0.25, 0.3) is 0 Å². The Morgan fingerprint density at radius 3 is 3.22 bits per heavy atom. The minimum atomic E-state index is -0.0603. The van der Waals surface area contributed by atoms with Crippen molar-refractivity contribution in [1.29, 1.82) is 0 Å². The highest BCUT2D eigenvalue weighted by Gasteiger charge is 2.25. The topological polar surface area (TPSA) is 54.0 Å². The summed E-state index contributed by atoms with van der Waals surface area (Å²) in [5, 5.41) is 6.90. The van der Waals surface area contributed by atoms with Crippen LogP contribution in [0.15, 0.2) is 0 Å². The lowest BCUT2D eigenvalue weighted by Crippen LogP contribution is -2.37. The predicted molar refractivity (Wildman–Crippen MR) is 76.2 cm³/mol. The summed E-state index contributed by atoms with van der Waals surface area (Å²) in [6.45, 7) is 2.28. The largest absolute Gasteiger partial charge is 0.301 e. The highest BCUT2D eigenvalue weighted by Crippen LogP contribution is 2.32. The van der Waals surface area contributed by atoms with E-state index in [9.17, 15) is 4.79 Å². The minimum absolute atomic E-state index is 0.0548. The molecule has 1 fully saturated rings. The van der Waals surface area contributed by atoms with Gasteiger partial charge in [-0.2, -0.15) is 0 Å². The highest BCUT2D eigenvalue weighted by atomic mass is 32.2. The number of carbonyl (C=O) groups is 1. The first-order chi connectivity index (χ1) is 8.72. The number of rotatable bonds is 2. The van der Waals surface area contributed by atoms with E-state index in [-0.39, 0.29) is 11.9 Å². The quantitative estimate of drug-likeness (QED) is 0.870. The van der Waals surface area contributed by atoms with Crippen LogP contribution in [0.2, 0.25) is 0 Å². The number of hydrogen-bond acceptors (Lipinski definition) is 5. The summed E-state index contributed by atoms with van der Waals surface area (Å²) in [6.07, 6.45) is 3.38. The predicted octanol–water partition coefficient (Wildman–Crippen LogP) is 1.87. The average Bonchev–Trinajstić information content (AvgIpc) is 2.95. The van der Waals surface area contributed by atoms with Crippen LogP contribution < -0.4 is 10.6 Å². The van der Waals surface area contributed by atoms with Crippen LogP contribution in [0, 0.1) is 5.92 Å². The van der Waals surface area contributed by atoms with Crippen LogP contribution in [-0.2, 0) is 17.6 Å². The molecule has 0 saturated carbocycles. The molecule has 0 spiro atoms. The lowest BCUT2D eigenvalue weighted by molar-refractivity contribution is -0.117. The van der Waals surface area contributed by atoms with Crippen molar-refractivity contribution in [3.8, 4) is 0 Å². The van der Waals surface area contributed by atoms with Gasteiger partial charge in [-0.1, -0.05) is 6.92 Å². The first-order valence-electron chi connectivity index (χ1n) is 6.33. The minimum Gasteiger partial charge on any atom is -0.301 e. The third-order valence-electron chi connectivity index (χ3n) is 3.45. The molecule has 2 unspecified atom stereocenters. The van der Waals surface area contributed by atoms with Crippen molar-refractivity contribution in [3.05, 3.63) is 10.6 Å². The number of thiazole rings is 1. The number of fused-ring (bicyclic) bond motifs is 1. The summed E-state index contributed by atoms with van der Waals surface area (Å²) >= 11 is 3.41. The van der Waals surface area contributed by atoms with Crippen molar-refractivity contribution < 1.29 is 4.79 Å². The number of nitrogens with zero attached hydrogens (tertiary/aromatic N) is 1. The standard InChI is InChI=1S/C12H17N3OS2/c1-7-2-3-8-10(4-7)18-12(14-8)15-11(16)9-5-17-6-13-9/h7,9,13H,2-6H2,1H3,(H,14,15,16). The zero-order valence-corrected chi connectivity index (χ0v) is 12.0. The van der Waals surface area contributed by atoms with Gasteiger partial charge in [0.25, 0.3) is 0 Å². The fourth-order valence-corrected chi connectivity index (χ4v) is 4.47. The van der Waals surface area contributed by atoms with Crippen LogP contribution in [0.1, 0.15) is 23.9 Å². The number of anilines is 1. The molecule has 1 aliphatic carbocycles. The Morgan fingerprint density at radius 1 is 1.56 bits per heavy atom. The average molecular weight is 283 g/mol. The maximum absolute atomic E-state index is 12.0. The second kappa shape index (κ2) is 5.19. The highest BCUT2D eigenvalue weighted by molar-refractivity contribution is 7.99. The van der Waals surface area contributed by atoms with E-state index in [0.717, 1.165) is 35.5 Å². The molecule has 0 bridgehead atoms. The number of hydrogen-bond donors (Lipinski definition) is 2. The zero-order chi connectivity index (χ0) is 12.5. The summed E-state index contributed by atoms with van der Waals surface area (Å²) < 4.78 is 0. The van der Waals surface area contributed by atoms with E-state index in [1.165, 1.54) is 17.0 Å². The van der Waals surface area contributed by atoms with Gasteiger partial charge >= 0.3 is 0 Å². The van der Waals surface area contributed by atoms with E-state index in [2.05, 4.69) is 22.5 Å². The van der Waals surface area contributed by atoms with E-state index in [1.807, 2.05) is 0 Å². The number of aromatic nitrogens is 1. The molecule has 2 aliphatic rings. The number of nitrogens with one attached hydrogen (secondary N) is 2. The molecule has 2 N–H and O–H groups in total. The van der Waals surface area contributed by atoms with Gasteiger partial charge in [0.2, 0.25) is 5.91 Å². The van der Waals surface area contributed by atoms with E-state index < -0.39 is 0 Å². The van der Waals surface area contributed by atoms with E-state index >= 15 is 0 Å².